The third-order valence-corrected chi connectivity index (χ3v) is 7.93. The highest BCUT2D eigenvalue weighted by molar-refractivity contribution is 7.17. The number of nitrogens with one attached hydrogen (secondary N) is 1. The van der Waals surface area contributed by atoms with Gasteiger partial charge in [-0.2, -0.15) is 0 Å². The maximum Gasteiger partial charge on any atom is 0.264 e. The molecule has 0 saturated carbocycles. The quantitative estimate of drug-likeness (QED) is 0.367. The Hall–Kier alpha value is -4.51. The predicted octanol–water partition coefficient (Wildman–Crippen LogP) is 4.71. The normalized spacial score (nSPS) is 14.3. The maximum absolute atomic E-state index is 13.7. The molecule has 0 aliphatic carbocycles. The Bertz CT molecular complexity index is 1590. The number of nitrogens with zero attached hydrogens (tertiary/aromatic N) is 3. The second-order valence-corrected chi connectivity index (χ2v) is 10.4. The van der Waals surface area contributed by atoms with Crippen LogP contribution in [0.4, 0.5) is 14.6 Å². The van der Waals surface area contributed by atoms with Crippen molar-refractivity contribution in [2.45, 2.75) is 6.54 Å². The predicted molar refractivity (Wildman–Crippen MR) is 146 cm³/mol. The first-order valence-corrected chi connectivity index (χ1v) is 13.5. The third kappa shape index (κ3) is 5.20. The van der Waals surface area contributed by atoms with Gasteiger partial charge in [0.2, 0.25) is 6.79 Å². The number of carbonyl (C=O) groups excluding carboxylic acids is 2. The van der Waals surface area contributed by atoms with E-state index in [1.165, 1.54) is 17.4 Å². The van der Waals surface area contributed by atoms with Gasteiger partial charge >= 0.3 is 0 Å². The Labute approximate surface area is 232 Å². The van der Waals surface area contributed by atoms with Crippen molar-refractivity contribution in [2.24, 2.45) is 0 Å². The summed E-state index contributed by atoms with van der Waals surface area (Å²) in [5, 5.41) is 2.95. The first-order chi connectivity index (χ1) is 19.5. The molecule has 8 nitrogen and oxygen atoms in total. The topological polar surface area (TPSA) is 84.0 Å². The number of pyridine rings is 1. The zero-order valence-corrected chi connectivity index (χ0v) is 22.0. The molecule has 4 heterocycles. The van der Waals surface area contributed by atoms with Crippen LogP contribution in [0.2, 0.25) is 0 Å². The minimum absolute atomic E-state index is 0.124. The smallest absolute Gasteiger partial charge is 0.264 e. The van der Waals surface area contributed by atoms with Gasteiger partial charge < -0.3 is 24.6 Å². The van der Waals surface area contributed by atoms with Gasteiger partial charge in [-0.3, -0.25) is 9.59 Å². The number of hydrogen-bond donors (Lipinski definition) is 1. The molecule has 0 bridgehead atoms. The molecule has 204 valence electrons. The second-order valence-electron chi connectivity index (χ2n) is 9.32. The summed E-state index contributed by atoms with van der Waals surface area (Å²) in [4.78, 5) is 35.7. The van der Waals surface area contributed by atoms with Crippen LogP contribution in [0.1, 0.15) is 25.6 Å². The number of halogens is 2. The van der Waals surface area contributed by atoms with E-state index < -0.39 is 11.6 Å². The van der Waals surface area contributed by atoms with Crippen LogP contribution in [0.15, 0.2) is 66.9 Å². The molecule has 0 spiro atoms. The third-order valence-electron chi connectivity index (χ3n) is 6.81. The summed E-state index contributed by atoms with van der Waals surface area (Å²) in [5.41, 5.74) is 1.86. The lowest BCUT2D eigenvalue weighted by Crippen LogP contribution is -2.49. The Balaban J connectivity index is 1.08. The number of hydrogen-bond acceptors (Lipinski definition) is 7. The summed E-state index contributed by atoms with van der Waals surface area (Å²) in [6.45, 7) is 2.42. The van der Waals surface area contributed by atoms with Crippen molar-refractivity contribution < 1.29 is 27.8 Å². The summed E-state index contributed by atoms with van der Waals surface area (Å²) < 4.78 is 37.7. The highest BCUT2D eigenvalue weighted by Gasteiger charge is 2.26. The largest absolute Gasteiger partial charge is 0.454 e. The van der Waals surface area contributed by atoms with Gasteiger partial charge in [-0.25, -0.2) is 13.8 Å². The maximum atomic E-state index is 13.7. The van der Waals surface area contributed by atoms with Gasteiger partial charge in [-0.05, 0) is 59.7 Å². The number of anilines is 1. The van der Waals surface area contributed by atoms with E-state index in [9.17, 15) is 18.4 Å². The van der Waals surface area contributed by atoms with Crippen LogP contribution in [0, 0.1) is 11.6 Å². The molecule has 0 radical (unpaired) electrons. The number of ether oxygens (including phenoxy) is 2. The van der Waals surface area contributed by atoms with Crippen LogP contribution < -0.4 is 19.7 Å². The van der Waals surface area contributed by atoms with Gasteiger partial charge in [0.15, 0.2) is 23.1 Å². The first kappa shape index (κ1) is 25.8. The van der Waals surface area contributed by atoms with Crippen LogP contribution in [-0.4, -0.2) is 54.7 Å². The van der Waals surface area contributed by atoms with Gasteiger partial charge in [0.1, 0.15) is 5.82 Å². The van der Waals surface area contributed by atoms with E-state index in [1.54, 1.807) is 35.4 Å². The number of aromatic nitrogens is 1. The molecule has 4 aromatic rings. The molecule has 1 saturated heterocycles. The molecule has 2 amide bonds. The van der Waals surface area contributed by atoms with Crippen LogP contribution in [0.3, 0.4) is 0 Å². The van der Waals surface area contributed by atoms with Gasteiger partial charge in [0.05, 0.1) is 10.4 Å². The van der Waals surface area contributed by atoms with Crippen molar-refractivity contribution in [1.29, 1.82) is 0 Å². The molecule has 1 fully saturated rings. The van der Waals surface area contributed by atoms with E-state index in [2.05, 4.69) is 10.3 Å². The molecule has 11 heteroatoms. The molecule has 6 rings (SSSR count). The van der Waals surface area contributed by atoms with Gasteiger partial charge in [-0.1, -0.05) is 12.1 Å². The van der Waals surface area contributed by atoms with Crippen molar-refractivity contribution in [3.63, 3.8) is 0 Å². The SMILES string of the molecule is O=C(NCc1ccc2c(c1)OCO2)c1cccnc1N1CCN(C(=O)c2ccc(-c3ccc(F)c(F)c3)s2)CC1. The first-order valence-electron chi connectivity index (χ1n) is 12.7. The number of thiophene rings is 1. The number of benzene rings is 2. The van der Waals surface area contributed by atoms with Gasteiger partial charge in [-0.15, -0.1) is 11.3 Å². The molecule has 2 aliphatic heterocycles. The van der Waals surface area contributed by atoms with E-state index in [0.717, 1.165) is 17.7 Å². The molecule has 0 unspecified atom stereocenters. The molecule has 1 N–H and O–H groups in total. The molecular formula is C29H24F2N4O4S. The minimum Gasteiger partial charge on any atom is -0.454 e. The van der Waals surface area contributed by atoms with E-state index in [1.807, 2.05) is 23.1 Å². The van der Waals surface area contributed by atoms with Crippen molar-refractivity contribution in [1.82, 2.24) is 15.2 Å². The molecular weight excluding hydrogens is 538 g/mol. The van der Waals surface area contributed by atoms with Gasteiger partial charge in [0, 0.05) is 43.8 Å². The lowest BCUT2D eigenvalue weighted by Gasteiger charge is -2.35. The number of piperazine rings is 1. The summed E-state index contributed by atoms with van der Waals surface area (Å²) in [7, 11) is 0. The fourth-order valence-electron chi connectivity index (χ4n) is 4.69. The number of rotatable bonds is 6. The fourth-order valence-corrected chi connectivity index (χ4v) is 5.66. The summed E-state index contributed by atoms with van der Waals surface area (Å²) in [6.07, 6.45) is 1.65. The summed E-state index contributed by atoms with van der Waals surface area (Å²) in [6, 6.07) is 16.1. The van der Waals surface area contributed by atoms with Crippen LogP contribution in [0.5, 0.6) is 11.5 Å². The molecule has 40 heavy (non-hydrogen) atoms. The lowest BCUT2D eigenvalue weighted by atomic mass is 10.1. The van der Waals surface area contributed by atoms with E-state index in [4.69, 9.17) is 9.47 Å². The fraction of sp³-hybridized carbons (Fsp3) is 0.207. The molecule has 2 aliphatic rings. The Morgan fingerprint density at radius 2 is 1.75 bits per heavy atom. The standard InChI is InChI=1S/C29H24F2N4O4S/c30-21-5-4-19(15-22(21)31)25-7-8-26(40-25)29(37)35-12-10-34(11-13-35)27-20(2-1-9-32-27)28(36)33-16-18-3-6-23-24(14-18)39-17-38-23/h1-9,14-15H,10-13,16-17H2,(H,33,36). The van der Waals surface area contributed by atoms with Crippen LogP contribution in [0.25, 0.3) is 10.4 Å². The van der Waals surface area contributed by atoms with E-state index in [0.29, 0.717) is 70.9 Å². The lowest BCUT2D eigenvalue weighted by molar-refractivity contribution is 0.0750. The number of carbonyl (C=O) groups is 2. The minimum atomic E-state index is -0.926. The van der Waals surface area contributed by atoms with Crippen LogP contribution >= 0.6 is 11.3 Å². The zero-order valence-electron chi connectivity index (χ0n) is 21.2. The average molecular weight is 563 g/mol. The molecule has 2 aromatic carbocycles. The number of amides is 2. The highest BCUT2D eigenvalue weighted by atomic mass is 32.1. The Morgan fingerprint density at radius 1 is 0.925 bits per heavy atom. The van der Waals surface area contributed by atoms with Gasteiger partial charge in [0.25, 0.3) is 11.8 Å². The van der Waals surface area contributed by atoms with E-state index in [-0.39, 0.29) is 18.6 Å². The van der Waals surface area contributed by atoms with Crippen molar-refractivity contribution in [3.8, 4) is 21.9 Å². The zero-order chi connectivity index (χ0) is 27.6. The molecule has 0 atom stereocenters. The molecule has 2 aromatic heterocycles. The van der Waals surface area contributed by atoms with Crippen molar-refractivity contribution >= 4 is 29.0 Å². The summed E-state index contributed by atoms with van der Waals surface area (Å²) in [5.74, 6) is -0.300. The highest BCUT2D eigenvalue weighted by Crippen LogP contribution is 2.33. The Morgan fingerprint density at radius 3 is 2.58 bits per heavy atom. The van der Waals surface area contributed by atoms with Crippen molar-refractivity contribution in [3.05, 3.63) is 94.5 Å². The second kappa shape index (κ2) is 10.9. The monoisotopic (exact) mass is 562 g/mol. The van der Waals surface area contributed by atoms with E-state index >= 15 is 0 Å². The Kier molecular flexibility index (Phi) is 7.04. The summed E-state index contributed by atoms with van der Waals surface area (Å²) >= 11 is 1.24. The average Bonchev–Trinajstić information content (AvgIpc) is 3.67. The van der Waals surface area contributed by atoms with Crippen molar-refractivity contribution in [2.75, 3.05) is 37.9 Å². The van der Waals surface area contributed by atoms with Crippen LogP contribution in [-0.2, 0) is 6.54 Å². The number of fused-ring (bicyclic) bond motifs is 1.